The van der Waals surface area contributed by atoms with Gasteiger partial charge in [-0.2, -0.15) is 0 Å². The molecule has 16 heavy (non-hydrogen) atoms. The summed E-state index contributed by atoms with van der Waals surface area (Å²) in [7, 11) is 0. The van der Waals surface area contributed by atoms with Crippen LogP contribution in [0.5, 0.6) is 0 Å². The minimum absolute atomic E-state index is 0.0338. The highest BCUT2D eigenvalue weighted by Crippen LogP contribution is 1.98. The van der Waals surface area contributed by atoms with Crippen molar-refractivity contribution in [2.24, 2.45) is 5.73 Å². The predicted octanol–water partition coefficient (Wildman–Crippen LogP) is 0.178. The summed E-state index contributed by atoms with van der Waals surface area (Å²) in [5, 5.41) is 8.45. The molecule has 0 spiro atoms. The summed E-state index contributed by atoms with van der Waals surface area (Å²) in [6.45, 7) is 0.302. The molecule has 0 rings (SSSR count). The number of Topliss-reactive ketones (excluding diaryl/α,β-unsaturated/α-hetero) is 1. The third-order valence-electron chi connectivity index (χ3n) is 1.91. The molecule has 0 aromatic carbocycles. The van der Waals surface area contributed by atoms with Gasteiger partial charge in [0.2, 0.25) is 0 Å². The standard InChI is InChI=1S/C11H17NO4/c1-2-3-5-9(13)6-4-7-16-8-10(12)11(14)15/h1,10H,3-8,12H2,(H,14,15)/t10-/m0/s1. The molecule has 0 aliphatic heterocycles. The first-order valence-corrected chi connectivity index (χ1v) is 5.09. The van der Waals surface area contributed by atoms with Crippen LogP contribution in [0, 0.1) is 12.3 Å². The number of ketones is 1. The molecule has 5 heteroatoms. The van der Waals surface area contributed by atoms with Crippen LogP contribution in [0.2, 0.25) is 0 Å². The first-order chi connectivity index (χ1) is 7.57. The number of terminal acetylenes is 1. The fourth-order valence-electron chi connectivity index (χ4n) is 0.990. The molecule has 90 valence electrons. The number of hydrogen-bond acceptors (Lipinski definition) is 4. The summed E-state index contributed by atoms with van der Waals surface area (Å²) in [6, 6.07) is -1.00. The smallest absolute Gasteiger partial charge is 0.322 e. The monoisotopic (exact) mass is 227 g/mol. The van der Waals surface area contributed by atoms with Gasteiger partial charge in [0.15, 0.2) is 0 Å². The molecule has 1 atom stereocenters. The summed E-state index contributed by atoms with van der Waals surface area (Å²) < 4.78 is 5.01. The van der Waals surface area contributed by atoms with Gasteiger partial charge >= 0.3 is 5.97 Å². The van der Waals surface area contributed by atoms with Crippen LogP contribution in [0.3, 0.4) is 0 Å². The molecule has 3 N–H and O–H groups in total. The quantitative estimate of drug-likeness (QED) is 0.433. The molecule has 0 fully saturated rings. The van der Waals surface area contributed by atoms with Crippen LogP contribution in [0.15, 0.2) is 0 Å². The van der Waals surface area contributed by atoms with Crippen LogP contribution in [-0.2, 0) is 14.3 Å². The van der Waals surface area contributed by atoms with Gasteiger partial charge in [-0.15, -0.1) is 12.3 Å². The van der Waals surface area contributed by atoms with Crippen molar-refractivity contribution in [1.82, 2.24) is 0 Å². The fraction of sp³-hybridized carbons (Fsp3) is 0.636. The Bertz CT molecular complexity index is 270. The first-order valence-electron chi connectivity index (χ1n) is 5.09. The van der Waals surface area contributed by atoms with E-state index in [0.29, 0.717) is 32.3 Å². The van der Waals surface area contributed by atoms with Crippen molar-refractivity contribution < 1.29 is 19.4 Å². The van der Waals surface area contributed by atoms with E-state index in [9.17, 15) is 9.59 Å². The van der Waals surface area contributed by atoms with Crippen molar-refractivity contribution in [3.8, 4) is 12.3 Å². The molecule has 0 aliphatic rings. The van der Waals surface area contributed by atoms with Crippen molar-refractivity contribution in [2.45, 2.75) is 31.7 Å². The summed E-state index contributed by atoms with van der Waals surface area (Å²) in [4.78, 5) is 21.4. The van der Waals surface area contributed by atoms with Crippen LogP contribution >= 0.6 is 0 Å². The van der Waals surface area contributed by atoms with Crippen molar-refractivity contribution in [3.63, 3.8) is 0 Å². The Morgan fingerprint density at radius 1 is 1.44 bits per heavy atom. The van der Waals surface area contributed by atoms with Crippen molar-refractivity contribution in [1.29, 1.82) is 0 Å². The van der Waals surface area contributed by atoms with Crippen molar-refractivity contribution >= 4 is 11.8 Å². The predicted molar refractivity (Wildman–Crippen MR) is 58.7 cm³/mol. The van der Waals surface area contributed by atoms with E-state index in [-0.39, 0.29) is 12.4 Å². The Kier molecular flexibility index (Phi) is 8.12. The number of ether oxygens (including phenoxy) is 1. The van der Waals surface area contributed by atoms with E-state index in [4.69, 9.17) is 22.0 Å². The van der Waals surface area contributed by atoms with Gasteiger partial charge in [0, 0.05) is 25.9 Å². The number of hydrogen-bond donors (Lipinski definition) is 2. The fourth-order valence-corrected chi connectivity index (χ4v) is 0.990. The van der Waals surface area contributed by atoms with Gasteiger partial charge in [0.25, 0.3) is 0 Å². The Balaban J connectivity index is 3.37. The lowest BCUT2D eigenvalue weighted by atomic mass is 10.1. The van der Waals surface area contributed by atoms with E-state index in [2.05, 4.69) is 5.92 Å². The van der Waals surface area contributed by atoms with Gasteiger partial charge in [0.1, 0.15) is 11.8 Å². The average Bonchev–Trinajstić information content (AvgIpc) is 2.25. The molecular formula is C11H17NO4. The molecule has 0 aromatic heterocycles. The molecule has 0 radical (unpaired) electrons. The minimum atomic E-state index is -1.09. The number of nitrogens with two attached hydrogens (primary N) is 1. The second-order valence-corrected chi connectivity index (χ2v) is 3.37. The van der Waals surface area contributed by atoms with Crippen LogP contribution in [-0.4, -0.2) is 36.1 Å². The molecule has 0 unspecified atom stereocenters. The third-order valence-corrected chi connectivity index (χ3v) is 1.91. The number of aliphatic carboxylic acids is 1. The Labute approximate surface area is 95.0 Å². The average molecular weight is 227 g/mol. The maximum absolute atomic E-state index is 11.1. The van der Waals surface area contributed by atoms with Crippen LogP contribution in [0.4, 0.5) is 0 Å². The Morgan fingerprint density at radius 3 is 2.69 bits per heavy atom. The van der Waals surface area contributed by atoms with Gasteiger partial charge < -0.3 is 15.6 Å². The van der Waals surface area contributed by atoms with E-state index < -0.39 is 12.0 Å². The van der Waals surface area contributed by atoms with E-state index in [0.717, 1.165) is 0 Å². The van der Waals surface area contributed by atoms with Gasteiger partial charge in [-0.3, -0.25) is 9.59 Å². The highest BCUT2D eigenvalue weighted by molar-refractivity contribution is 5.78. The van der Waals surface area contributed by atoms with Gasteiger partial charge in [0.05, 0.1) is 6.61 Å². The maximum Gasteiger partial charge on any atom is 0.322 e. The van der Waals surface area contributed by atoms with Crippen molar-refractivity contribution in [3.05, 3.63) is 0 Å². The molecule has 0 amide bonds. The summed E-state index contributed by atoms with van der Waals surface area (Å²) in [5.74, 6) is 1.40. The van der Waals surface area contributed by atoms with Gasteiger partial charge in [-0.05, 0) is 6.42 Å². The zero-order valence-corrected chi connectivity index (χ0v) is 9.15. The maximum atomic E-state index is 11.1. The van der Waals surface area contributed by atoms with E-state index >= 15 is 0 Å². The van der Waals surface area contributed by atoms with Crippen molar-refractivity contribution in [2.75, 3.05) is 13.2 Å². The lowest BCUT2D eigenvalue weighted by Crippen LogP contribution is -2.35. The molecule has 0 aromatic rings. The number of carbonyl (C=O) groups is 2. The van der Waals surface area contributed by atoms with E-state index in [1.165, 1.54) is 0 Å². The molecule has 0 heterocycles. The number of carboxylic acids is 1. The first kappa shape index (κ1) is 14.6. The number of carbonyl (C=O) groups excluding carboxylic acids is 1. The molecule has 5 nitrogen and oxygen atoms in total. The van der Waals surface area contributed by atoms with Crippen LogP contribution in [0.25, 0.3) is 0 Å². The zero-order chi connectivity index (χ0) is 12.4. The van der Waals surface area contributed by atoms with Crippen LogP contribution < -0.4 is 5.73 Å². The molecular weight excluding hydrogens is 210 g/mol. The lowest BCUT2D eigenvalue weighted by molar-refractivity contribution is -0.140. The van der Waals surface area contributed by atoms with E-state index in [1.54, 1.807) is 0 Å². The molecule has 0 bridgehead atoms. The SMILES string of the molecule is C#CCCC(=O)CCCOC[C@H](N)C(=O)O. The van der Waals surface area contributed by atoms with E-state index in [1.807, 2.05) is 0 Å². The second kappa shape index (κ2) is 8.89. The largest absolute Gasteiger partial charge is 0.480 e. The highest BCUT2D eigenvalue weighted by atomic mass is 16.5. The zero-order valence-electron chi connectivity index (χ0n) is 9.15. The van der Waals surface area contributed by atoms with Gasteiger partial charge in [-0.25, -0.2) is 0 Å². The third kappa shape index (κ3) is 7.97. The highest BCUT2D eigenvalue weighted by Gasteiger charge is 2.10. The number of rotatable bonds is 9. The second-order valence-electron chi connectivity index (χ2n) is 3.37. The van der Waals surface area contributed by atoms with Gasteiger partial charge in [-0.1, -0.05) is 0 Å². The Morgan fingerprint density at radius 2 is 2.12 bits per heavy atom. The normalized spacial score (nSPS) is 11.8. The Hall–Kier alpha value is -1.38. The summed E-state index contributed by atoms with van der Waals surface area (Å²) in [5.41, 5.74) is 5.21. The lowest BCUT2D eigenvalue weighted by Gasteiger charge is -2.07. The van der Waals surface area contributed by atoms with Crippen LogP contribution in [0.1, 0.15) is 25.7 Å². The molecule has 0 saturated heterocycles. The molecule has 0 saturated carbocycles. The summed E-state index contributed by atoms with van der Waals surface area (Å²) >= 11 is 0. The minimum Gasteiger partial charge on any atom is -0.480 e. The number of carboxylic acid groups (broad SMARTS) is 1. The topological polar surface area (TPSA) is 89.6 Å². The summed E-state index contributed by atoms with van der Waals surface area (Å²) in [6.07, 6.45) is 6.85. The molecule has 0 aliphatic carbocycles.